The second-order valence-corrected chi connectivity index (χ2v) is 6.80. The van der Waals surface area contributed by atoms with Crippen molar-refractivity contribution in [2.24, 2.45) is 23.7 Å². The number of carboxylic acids is 1. The predicted molar refractivity (Wildman–Crippen MR) is 84.2 cm³/mol. The zero-order valence-corrected chi connectivity index (χ0v) is 13.3. The molecule has 1 saturated carbocycles. The fourth-order valence-corrected chi connectivity index (χ4v) is 4.17. The first-order valence-electron chi connectivity index (χ1n) is 7.79. The fourth-order valence-electron chi connectivity index (χ4n) is 4.17. The molecule has 0 amide bonds. The van der Waals surface area contributed by atoms with Gasteiger partial charge < -0.3 is 10.2 Å². The number of rotatable bonds is 3. The predicted octanol–water partition coefficient (Wildman–Crippen LogP) is 2.74. The highest BCUT2D eigenvalue weighted by atomic mass is 16.4. The molecule has 0 bridgehead atoms. The molecule has 120 valence electrons. The molecule has 0 aromatic rings. The van der Waals surface area contributed by atoms with E-state index < -0.39 is 11.6 Å². The maximum absolute atomic E-state index is 12.3. The minimum Gasteiger partial charge on any atom is -0.478 e. The van der Waals surface area contributed by atoms with Crippen LogP contribution in [0.25, 0.3) is 0 Å². The van der Waals surface area contributed by atoms with Crippen LogP contribution in [0.3, 0.4) is 0 Å². The molecule has 1 fully saturated rings. The van der Waals surface area contributed by atoms with Gasteiger partial charge in [0, 0.05) is 17.9 Å². The Bertz CT molecular complexity index is 557. The molecule has 2 aliphatic rings. The molecule has 5 atom stereocenters. The minimum atomic E-state index is -1.18. The number of hydrogen-bond donors (Lipinski definition) is 2. The van der Waals surface area contributed by atoms with Crippen molar-refractivity contribution in [2.75, 3.05) is 0 Å². The Balaban J connectivity index is 2.37. The summed E-state index contributed by atoms with van der Waals surface area (Å²) in [6.07, 6.45) is 8.96. The van der Waals surface area contributed by atoms with Crippen molar-refractivity contribution in [3.8, 4) is 0 Å². The maximum atomic E-state index is 12.3. The van der Waals surface area contributed by atoms with Crippen molar-refractivity contribution in [1.82, 2.24) is 0 Å². The van der Waals surface area contributed by atoms with Gasteiger partial charge in [0.25, 0.3) is 0 Å². The van der Waals surface area contributed by atoms with Gasteiger partial charge in [-0.15, -0.1) is 0 Å². The van der Waals surface area contributed by atoms with E-state index in [0.717, 1.165) is 18.9 Å². The van der Waals surface area contributed by atoms with Crippen molar-refractivity contribution in [2.45, 2.75) is 39.2 Å². The highest BCUT2D eigenvalue weighted by molar-refractivity contribution is 5.94. The second kappa shape index (κ2) is 6.21. The van der Waals surface area contributed by atoms with E-state index in [1.807, 2.05) is 0 Å². The van der Waals surface area contributed by atoms with Crippen LogP contribution in [0, 0.1) is 23.7 Å². The summed E-state index contributed by atoms with van der Waals surface area (Å²) in [5.74, 6) is -0.497. The monoisotopic (exact) mass is 304 g/mol. The normalized spacial score (nSPS) is 39.1. The van der Waals surface area contributed by atoms with Gasteiger partial charge in [-0.25, -0.2) is 4.79 Å². The SMILES string of the molecule is CC1=CC(=O)[C@H]2C[C@@H](C)C[C@@H](C)[C@@H]2[C@]1(O)/C=C/C=C/C(=O)O. The molecule has 2 N–H and O–H groups in total. The standard InChI is InChI=1S/C18H24O4/c1-11-8-12(2)17-14(9-11)15(19)10-13(3)18(17,22)7-5-4-6-16(20)21/h4-7,10-12,14,17,22H,8-9H2,1-3H3,(H,20,21)/b6-4+,7-5+/t11-,12+,14+,17-,18-/m0/s1. The zero-order chi connectivity index (χ0) is 16.5. The molecule has 0 saturated heterocycles. The van der Waals surface area contributed by atoms with Crippen molar-refractivity contribution < 1.29 is 19.8 Å². The minimum absolute atomic E-state index is 0.111. The molecule has 4 heteroatoms. The lowest BCUT2D eigenvalue weighted by molar-refractivity contribution is -0.131. The number of aliphatic hydroxyl groups is 1. The number of carbonyl (C=O) groups is 2. The quantitative estimate of drug-likeness (QED) is 0.621. The first-order valence-corrected chi connectivity index (χ1v) is 7.79. The van der Waals surface area contributed by atoms with Gasteiger partial charge in [0.2, 0.25) is 0 Å². The molecule has 0 heterocycles. The lowest BCUT2D eigenvalue weighted by atomic mass is 9.57. The van der Waals surface area contributed by atoms with E-state index in [4.69, 9.17) is 5.11 Å². The number of carbonyl (C=O) groups excluding carboxylic acids is 1. The average molecular weight is 304 g/mol. The Labute approximate surface area is 131 Å². The summed E-state index contributed by atoms with van der Waals surface area (Å²) < 4.78 is 0. The molecule has 4 nitrogen and oxygen atoms in total. The fraction of sp³-hybridized carbons (Fsp3) is 0.556. The number of allylic oxidation sites excluding steroid dienone is 3. The summed E-state index contributed by atoms with van der Waals surface area (Å²) in [6.45, 7) is 6.00. The van der Waals surface area contributed by atoms with Gasteiger partial charge in [0.15, 0.2) is 5.78 Å². The number of aliphatic carboxylic acids is 1. The third-order valence-corrected chi connectivity index (χ3v) is 5.04. The van der Waals surface area contributed by atoms with E-state index in [-0.39, 0.29) is 23.5 Å². The van der Waals surface area contributed by atoms with E-state index in [1.54, 1.807) is 25.2 Å². The summed E-state index contributed by atoms with van der Waals surface area (Å²) in [6, 6.07) is 0. The van der Waals surface area contributed by atoms with Crippen molar-refractivity contribution in [1.29, 1.82) is 0 Å². The van der Waals surface area contributed by atoms with Gasteiger partial charge >= 0.3 is 5.97 Å². The zero-order valence-electron chi connectivity index (χ0n) is 13.3. The van der Waals surface area contributed by atoms with Crippen LogP contribution >= 0.6 is 0 Å². The Morgan fingerprint density at radius 1 is 1.32 bits per heavy atom. The molecule has 2 aliphatic carbocycles. The van der Waals surface area contributed by atoms with Gasteiger partial charge in [0.1, 0.15) is 5.60 Å². The summed E-state index contributed by atoms with van der Waals surface area (Å²) in [4.78, 5) is 22.8. The van der Waals surface area contributed by atoms with Gasteiger partial charge in [-0.3, -0.25) is 4.79 Å². The maximum Gasteiger partial charge on any atom is 0.328 e. The van der Waals surface area contributed by atoms with Crippen LogP contribution in [0.15, 0.2) is 36.0 Å². The third-order valence-electron chi connectivity index (χ3n) is 5.04. The number of carboxylic acid groups (broad SMARTS) is 1. The first kappa shape index (κ1) is 16.7. The lowest BCUT2D eigenvalue weighted by Crippen LogP contribution is -2.52. The van der Waals surface area contributed by atoms with Gasteiger partial charge in [-0.05, 0) is 49.3 Å². The molecular formula is C18H24O4. The largest absolute Gasteiger partial charge is 0.478 e. The topological polar surface area (TPSA) is 74.6 Å². The molecule has 2 rings (SSSR count). The summed E-state index contributed by atoms with van der Waals surface area (Å²) in [7, 11) is 0. The Morgan fingerprint density at radius 2 is 2.00 bits per heavy atom. The molecule has 0 aromatic heterocycles. The highest BCUT2D eigenvalue weighted by Gasteiger charge is 2.51. The Hall–Kier alpha value is -1.68. The first-order chi connectivity index (χ1) is 10.3. The summed E-state index contributed by atoms with van der Waals surface area (Å²) >= 11 is 0. The average Bonchev–Trinajstić information content (AvgIpc) is 2.40. The molecule has 0 aromatic carbocycles. The summed E-state index contributed by atoms with van der Waals surface area (Å²) in [5, 5.41) is 19.8. The van der Waals surface area contributed by atoms with Crippen LogP contribution in [0.5, 0.6) is 0 Å². The van der Waals surface area contributed by atoms with Gasteiger partial charge in [-0.2, -0.15) is 0 Å². The van der Waals surface area contributed by atoms with E-state index in [9.17, 15) is 14.7 Å². The number of ketones is 1. The molecule has 0 aliphatic heterocycles. The van der Waals surface area contributed by atoms with Crippen molar-refractivity contribution in [3.63, 3.8) is 0 Å². The van der Waals surface area contributed by atoms with Crippen LogP contribution in [0.4, 0.5) is 0 Å². The van der Waals surface area contributed by atoms with E-state index in [2.05, 4.69) is 13.8 Å². The van der Waals surface area contributed by atoms with E-state index >= 15 is 0 Å². The van der Waals surface area contributed by atoms with Crippen LogP contribution in [0.1, 0.15) is 33.6 Å². The van der Waals surface area contributed by atoms with Crippen LogP contribution in [-0.2, 0) is 9.59 Å². The lowest BCUT2D eigenvalue weighted by Gasteiger charge is -2.49. The third kappa shape index (κ3) is 3.07. The Kier molecular flexibility index (Phi) is 4.71. The number of hydrogen-bond acceptors (Lipinski definition) is 3. The van der Waals surface area contributed by atoms with E-state index in [0.29, 0.717) is 11.5 Å². The smallest absolute Gasteiger partial charge is 0.328 e. The van der Waals surface area contributed by atoms with E-state index in [1.165, 1.54) is 6.08 Å². The van der Waals surface area contributed by atoms with Crippen molar-refractivity contribution >= 4 is 11.8 Å². The summed E-state index contributed by atoms with van der Waals surface area (Å²) in [5.41, 5.74) is -0.541. The molecular weight excluding hydrogens is 280 g/mol. The van der Waals surface area contributed by atoms with Crippen LogP contribution < -0.4 is 0 Å². The molecule has 0 unspecified atom stereocenters. The Morgan fingerprint density at radius 3 is 2.64 bits per heavy atom. The molecule has 22 heavy (non-hydrogen) atoms. The van der Waals surface area contributed by atoms with Gasteiger partial charge in [0.05, 0.1) is 0 Å². The molecule has 0 spiro atoms. The highest BCUT2D eigenvalue weighted by Crippen LogP contribution is 2.49. The van der Waals surface area contributed by atoms with Gasteiger partial charge in [-0.1, -0.05) is 26.0 Å². The van der Waals surface area contributed by atoms with Crippen molar-refractivity contribution in [3.05, 3.63) is 36.0 Å². The second-order valence-electron chi connectivity index (χ2n) is 6.80. The van der Waals surface area contributed by atoms with Crippen LogP contribution in [0.2, 0.25) is 0 Å². The molecule has 0 radical (unpaired) electrons. The number of fused-ring (bicyclic) bond motifs is 1. The van der Waals surface area contributed by atoms with Crippen LogP contribution in [-0.4, -0.2) is 27.6 Å².